The molecule has 0 amide bonds. The van der Waals surface area contributed by atoms with Crippen molar-refractivity contribution < 1.29 is 0 Å². The molecule has 7 aromatic rings. The molecule has 212 valence electrons. The van der Waals surface area contributed by atoms with Gasteiger partial charge >= 0.3 is 0 Å². The molecule has 0 fully saturated rings. The number of benzene rings is 7. The van der Waals surface area contributed by atoms with Crippen molar-refractivity contribution in [2.75, 3.05) is 0 Å². The fourth-order valence-electron chi connectivity index (χ4n) is 7.87. The third kappa shape index (κ3) is 4.05. The Labute approximate surface area is 260 Å². The van der Waals surface area contributed by atoms with E-state index in [2.05, 4.69) is 151 Å². The molecule has 0 aliphatic heterocycles. The van der Waals surface area contributed by atoms with Crippen LogP contribution in [0, 0.1) is 41.5 Å². The lowest BCUT2D eigenvalue weighted by molar-refractivity contribution is 1.38. The van der Waals surface area contributed by atoms with Crippen LogP contribution < -0.4 is 0 Å². The molecule has 0 nitrogen and oxygen atoms in total. The highest BCUT2D eigenvalue weighted by atomic mass is 14.3. The van der Waals surface area contributed by atoms with E-state index >= 15 is 0 Å². The number of rotatable bonds is 3. The monoisotopic (exact) mass is 564 g/mol. The van der Waals surface area contributed by atoms with Crippen LogP contribution in [0.15, 0.2) is 109 Å². The van der Waals surface area contributed by atoms with Crippen molar-refractivity contribution in [2.24, 2.45) is 0 Å². The van der Waals surface area contributed by atoms with Gasteiger partial charge in [0.15, 0.2) is 0 Å². The Bertz CT molecular complexity index is 2290. The maximum atomic E-state index is 2.41. The lowest BCUT2D eigenvalue weighted by Gasteiger charge is -2.22. The predicted octanol–water partition coefficient (Wildman–Crippen LogP) is 12.5. The molecule has 0 radical (unpaired) electrons. The Balaban J connectivity index is 1.60. The van der Waals surface area contributed by atoms with Crippen LogP contribution >= 0.6 is 0 Å². The summed E-state index contributed by atoms with van der Waals surface area (Å²) in [5.41, 5.74) is 21.0. The normalized spacial score (nSPS) is 11.9. The number of hydrogen-bond acceptors (Lipinski definition) is 0. The number of aryl methyl sites for hydroxylation is 6. The van der Waals surface area contributed by atoms with E-state index in [1.807, 2.05) is 0 Å². The second-order valence-electron chi connectivity index (χ2n) is 13.1. The van der Waals surface area contributed by atoms with Gasteiger partial charge in [-0.15, -0.1) is 0 Å². The van der Waals surface area contributed by atoms with Crippen LogP contribution in [0.5, 0.6) is 0 Å². The molecular weight excluding hydrogens is 528 g/mol. The Morgan fingerprint density at radius 1 is 0.295 bits per heavy atom. The highest BCUT2D eigenvalue weighted by molar-refractivity contribution is 6.28. The average molecular weight is 565 g/mol. The zero-order chi connectivity index (χ0) is 30.3. The first-order chi connectivity index (χ1) is 21.3. The summed E-state index contributed by atoms with van der Waals surface area (Å²) in [6, 6.07) is 41.7. The van der Waals surface area contributed by atoms with Gasteiger partial charge in [-0.3, -0.25) is 0 Å². The van der Waals surface area contributed by atoms with Gasteiger partial charge in [-0.05, 0) is 119 Å². The van der Waals surface area contributed by atoms with Gasteiger partial charge in [-0.1, -0.05) is 143 Å². The van der Waals surface area contributed by atoms with Gasteiger partial charge in [-0.2, -0.15) is 0 Å². The van der Waals surface area contributed by atoms with Crippen molar-refractivity contribution in [1.29, 1.82) is 0 Å². The van der Waals surface area contributed by atoms with Gasteiger partial charge in [0.1, 0.15) is 0 Å². The second-order valence-corrected chi connectivity index (χ2v) is 13.1. The topological polar surface area (TPSA) is 0 Å². The largest absolute Gasteiger partial charge is 0.0614 e. The van der Waals surface area contributed by atoms with Gasteiger partial charge < -0.3 is 0 Å². The maximum Gasteiger partial charge on any atom is -0.000740 e. The van der Waals surface area contributed by atoms with E-state index in [0.29, 0.717) is 0 Å². The quantitative estimate of drug-likeness (QED) is 0.200. The van der Waals surface area contributed by atoms with Crippen LogP contribution in [0.3, 0.4) is 0 Å². The van der Waals surface area contributed by atoms with Gasteiger partial charge in [-0.25, -0.2) is 0 Å². The second kappa shape index (κ2) is 9.79. The SMILES string of the molecule is Cc1cc(C)cc(-c2c3c(c(-c4cc(C)cc(C)c4)c4cc(C)ccc24)-c2ccc(-c4cccc(C)c4)c4cccc-3c24)c1. The summed E-state index contributed by atoms with van der Waals surface area (Å²) >= 11 is 0. The van der Waals surface area contributed by atoms with Crippen LogP contribution in [0.25, 0.3) is 77.2 Å². The molecule has 0 heteroatoms. The number of fused-ring (bicyclic) bond motifs is 4. The fraction of sp³-hybridized carbons (Fsp3) is 0.136. The molecule has 44 heavy (non-hydrogen) atoms. The molecular formula is C44H36. The van der Waals surface area contributed by atoms with E-state index in [0.717, 1.165) is 0 Å². The summed E-state index contributed by atoms with van der Waals surface area (Å²) in [5, 5.41) is 5.33. The lowest BCUT2D eigenvalue weighted by atomic mass is 9.81. The van der Waals surface area contributed by atoms with E-state index in [4.69, 9.17) is 0 Å². The van der Waals surface area contributed by atoms with Gasteiger partial charge in [0, 0.05) is 0 Å². The van der Waals surface area contributed by atoms with Crippen molar-refractivity contribution in [3.05, 3.63) is 143 Å². The molecule has 0 aromatic heterocycles. The Morgan fingerprint density at radius 3 is 1.45 bits per heavy atom. The lowest BCUT2D eigenvalue weighted by Crippen LogP contribution is -1.95. The molecule has 1 aliphatic rings. The Morgan fingerprint density at radius 2 is 0.818 bits per heavy atom. The van der Waals surface area contributed by atoms with Crippen LogP contribution in [-0.4, -0.2) is 0 Å². The minimum absolute atomic E-state index is 1.27. The van der Waals surface area contributed by atoms with E-state index in [1.165, 1.54) is 111 Å². The molecule has 0 heterocycles. The molecule has 8 rings (SSSR count). The van der Waals surface area contributed by atoms with Gasteiger partial charge in [0.05, 0.1) is 0 Å². The Hall–Kier alpha value is -4.94. The standard InChI is InChI=1S/C44H36/c1-25-9-7-10-31(19-25)34-15-16-38-42-35(34)11-8-12-37(42)43-40(32-20-27(3)17-28(4)21-32)36-14-13-26(2)24-39(36)41(44(38)43)33-22-29(5)18-30(6)23-33/h7-24H,1-6H3. The smallest absolute Gasteiger partial charge is 0.000740 e. The van der Waals surface area contributed by atoms with Crippen molar-refractivity contribution in [3.8, 4) is 55.6 Å². The highest BCUT2D eigenvalue weighted by Crippen LogP contribution is 2.58. The maximum absolute atomic E-state index is 2.41. The van der Waals surface area contributed by atoms with Gasteiger partial charge in [0.2, 0.25) is 0 Å². The van der Waals surface area contributed by atoms with Crippen molar-refractivity contribution >= 4 is 21.5 Å². The summed E-state index contributed by atoms with van der Waals surface area (Å²) < 4.78 is 0. The van der Waals surface area contributed by atoms with Crippen LogP contribution in [0.4, 0.5) is 0 Å². The van der Waals surface area contributed by atoms with Crippen molar-refractivity contribution in [1.82, 2.24) is 0 Å². The molecule has 0 bridgehead atoms. The molecule has 0 unspecified atom stereocenters. The third-order valence-electron chi connectivity index (χ3n) is 9.39. The van der Waals surface area contributed by atoms with E-state index in [9.17, 15) is 0 Å². The van der Waals surface area contributed by atoms with E-state index in [-0.39, 0.29) is 0 Å². The van der Waals surface area contributed by atoms with Crippen molar-refractivity contribution in [2.45, 2.75) is 41.5 Å². The molecule has 0 saturated heterocycles. The summed E-state index contributed by atoms with van der Waals surface area (Å²) in [6.07, 6.45) is 0. The van der Waals surface area contributed by atoms with Crippen LogP contribution in [0.2, 0.25) is 0 Å². The minimum atomic E-state index is 1.27. The first-order valence-corrected chi connectivity index (χ1v) is 15.7. The molecule has 0 spiro atoms. The molecule has 1 aliphatic carbocycles. The highest BCUT2D eigenvalue weighted by Gasteiger charge is 2.31. The summed E-state index contributed by atoms with van der Waals surface area (Å²) in [4.78, 5) is 0. The van der Waals surface area contributed by atoms with E-state index in [1.54, 1.807) is 0 Å². The molecule has 0 N–H and O–H groups in total. The minimum Gasteiger partial charge on any atom is -0.0614 e. The first kappa shape index (κ1) is 26.7. The number of hydrogen-bond donors (Lipinski definition) is 0. The van der Waals surface area contributed by atoms with Crippen LogP contribution in [-0.2, 0) is 0 Å². The fourth-order valence-corrected chi connectivity index (χ4v) is 7.87. The molecule has 7 aromatic carbocycles. The van der Waals surface area contributed by atoms with E-state index < -0.39 is 0 Å². The molecule has 0 saturated carbocycles. The zero-order valence-corrected chi connectivity index (χ0v) is 26.4. The molecule has 0 atom stereocenters. The average Bonchev–Trinajstić information content (AvgIpc) is 3.30. The van der Waals surface area contributed by atoms with Crippen molar-refractivity contribution in [3.63, 3.8) is 0 Å². The first-order valence-electron chi connectivity index (χ1n) is 15.7. The summed E-state index contributed by atoms with van der Waals surface area (Å²) in [5.74, 6) is 0. The summed E-state index contributed by atoms with van der Waals surface area (Å²) in [7, 11) is 0. The van der Waals surface area contributed by atoms with Crippen LogP contribution in [0.1, 0.15) is 33.4 Å². The van der Waals surface area contributed by atoms with Gasteiger partial charge in [0.25, 0.3) is 0 Å². The predicted molar refractivity (Wildman–Crippen MR) is 191 cm³/mol. The Kier molecular flexibility index (Phi) is 5.94. The third-order valence-corrected chi connectivity index (χ3v) is 9.39. The summed E-state index contributed by atoms with van der Waals surface area (Å²) in [6.45, 7) is 13.3. The zero-order valence-electron chi connectivity index (χ0n) is 26.4.